The maximum atomic E-state index is 13.5. The van der Waals surface area contributed by atoms with Gasteiger partial charge in [-0.1, -0.05) is 12.1 Å². The molecule has 3 amide bonds. The number of carboxylic acid groups (broad SMARTS) is 1. The van der Waals surface area contributed by atoms with Gasteiger partial charge in [0.15, 0.2) is 0 Å². The number of phenolic OH excluding ortho intramolecular Hbond substituents is 1. The Kier molecular flexibility index (Phi) is 11.1. The van der Waals surface area contributed by atoms with E-state index in [9.17, 15) is 29.4 Å². The molecule has 0 unspecified atom stereocenters. The molecule has 40 heavy (non-hydrogen) atoms. The summed E-state index contributed by atoms with van der Waals surface area (Å²) >= 11 is 0. The van der Waals surface area contributed by atoms with Crippen molar-refractivity contribution in [1.29, 1.82) is 0 Å². The van der Waals surface area contributed by atoms with Crippen molar-refractivity contribution in [3.63, 3.8) is 0 Å². The Morgan fingerprint density at radius 1 is 0.925 bits per heavy atom. The Labute approximate surface area is 234 Å². The highest BCUT2D eigenvalue weighted by atomic mass is 16.6. The summed E-state index contributed by atoms with van der Waals surface area (Å²) in [5, 5.41) is 23.4. The van der Waals surface area contributed by atoms with Crippen LogP contribution in [0.2, 0.25) is 0 Å². The van der Waals surface area contributed by atoms with Crippen molar-refractivity contribution in [2.24, 2.45) is 0 Å². The molecule has 12 nitrogen and oxygen atoms in total. The van der Waals surface area contributed by atoms with Gasteiger partial charge in [-0.3, -0.25) is 9.59 Å². The maximum Gasteiger partial charge on any atom is 0.332 e. The van der Waals surface area contributed by atoms with Crippen LogP contribution in [0.15, 0.2) is 24.3 Å². The van der Waals surface area contributed by atoms with E-state index in [-0.39, 0.29) is 56.6 Å². The summed E-state index contributed by atoms with van der Waals surface area (Å²) in [5.41, 5.74) is 0.177. The molecule has 1 aromatic rings. The van der Waals surface area contributed by atoms with Gasteiger partial charge in [0.25, 0.3) is 0 Å². The molecule has 0 spiro atoms. The topological polar surface area (TPSA) is 158 Å². The second-order valence-electron chi connectivity index (χ2n) is 11.2. The minimum absolute atomic E-state index is 0.0993. The number of nitrogens with one attached hydrogen (secondary N) is 1. The van der Waals surface area contributed by atoms with E-state index >= 15 is 0 Å². The third-order valence-electron chi connectivity index (χ3n) is 6.77. The molecule has 0 saturated carbocycles. The highest BCUT2D eigenvalue weighted by Gasteiger charge is 2.31. The number of hydrogen-bond acceptors (Lipinski definition) is 9. The average molecular weight is 563 g/mol. The summed E-state index contributed by atoms with van der Waals surface area (Å²) in [6.45, 7) is 6.35. The van der Waals surface area contributed by atoms with Gasteiger partial charge >= 0.3 is 5.97 Å². The lowest BCUT2D eigenvalue weighted by molar-refractivity contribution is -0.267. The van der Waals surface area contributed by atoms with Gasteiger partial charge in [0.1, 0.15) is 36.7 Å². The van der Waals surface area contributed by atoms with Gasteiger partial charge in [-0.25, -0.2) is 4.79 Å². The summed E-state index contributed by atoms with van der Waals surface area (Å²) in [5.74, 6) is -1.03. The van der Waals surface area contributed by atoms with E-state index in [1.54, 1.807) is 37.8 Å². The lowest BCUT2D eigenvalue weighted by Crippen LogP contribution is -2.53. The van der Waals surface area contributed by atoms with Gasteiger partial charge in [0.2, 0.25) is 11.8 Å². The molecule has 2 N–H and O–H groups in total. The van der Waals surface area contributed by atoms with E-state index in [1.165, 1.54) is 17.0 Å². The molecule has 12 heteroatoms. The standard InChI is InChI=1S/C28H41N3O9/c1-28(2,3)40-25(34)18-39-22-8-12-30(13-9-22)26(35)23(16-19-4-6-20(32)7-5-19)29-24(33)17-38-21-10-14-31(15-11-21)27(36)37/h4-7,21-23,32H,8-18H2,1-3H3,(H,29,33)(H,36,37)/p-1/t23-/m0/s1. The van der Waals surface area contributed by atoms with Crippen LogP contribution in [-0.4, -0.2) is 102 Å². The second-order valence-corrected chi connectivity index (χ2v) is 11.2. The van der Waals surface area contributed by atoms with Crippen LogP contribution in [0.1, 0.15) is 52.0 Å². The zero-order chi connectivity index (χ0) is 29.3. The number of nitrogens with zero attached hydrogens (tertiary/aromatic N) is 2. The van der Waals surface area contributed by atoms with Gasteiger partial charge in [-0.2, -0.15) is 0 Å². The molecule has 2 saturated heterocycles. The molecule has 1 aromatic carbocycles. The first-order valence-corrected chi connectivity index (χ1v) is 13.7. The molecule has 0 bridgehead atoms. The van der Waals surface area contributed by atoms with Crippen LogP contribution in [0, 0.1) is 0 Å². The number of rotatable bonds is 10. The van der Waals surface area contributed by atoms with Crippen LogP contribution in [0.25, 0.3) is 0 Å². The molecule has 3 rings (SSSR count). The van der Waals surface area contributed by atoms with Crippen LogP contribution >= 0.6 is 0 Å². The van der Waals surface area contributed by atoms with Crippen molar-refractivity contribution in [3.8, 4) is 5.75 Å². The van der Waals surface area contributed by atoms with E-state index in [1.807, 2.05) is 0 Å². The normalized spacial score (nSPS) is 17.8. The van der Waals surface area contributed by atoms with Crippen LogP contribution in [-0.2, 0) is 35.0 Å². The number of piperidine rings is 2. The van der Waals surface area contributed by atoms with Crippen molar-refractivity contribution < 1.29 is 43.6 Å². The Hall–Kier alpha value is -3.38. The number of amides is 3. The SMILES string of the molecule is CC(C)(C)OC(=O)COC1CCN(C(=O)[C@H](Cc2ccc(O)cc2)NC(=O)COC2CCN(C(=O)[O-])CC2)CC1. The van der Waals surface area contributed by atoms with Gasteiger partial charge in [0.05, 0.1) is 12.2 Å². The summed E-state index contributed by atoms with van der Waals surface area (Å²) in [4.78, 5) is 52.1. The van der Waals surface area contributed by atoms with E-state index in [0.29, 0.717) is 38.8 Å². The molecule has 2 aliphatic rings. The molecule has 2 aliphatic heterocycles. The van der Waals surface area contributed by atoms with Crippen molar-refractivity contribution in [2.75, 3.05) is 39.4 Å². The van der Waals surface area contributed by atoms with Crippen molar-refractivity contribution in [2.45, 2.75) is 76.7 Å². The van der Waals surface area contributed by atoms with Crippen LogP contribution < -0.4 is 10.4 Å². The number of likely N-dealkylation sites (tertiary alicyclic amines) is 2. The maximum absolute atomic E-state index is 13.5. The number of hydrogen-bond donors (Lipinski definition) is 2. The Morgan fingerprint density at radius 3 is 1.98 bits per heavy atom. The molecule has 2 fully saturated rings. The molecule has 1 atom stereocenters. The van der Waals surface area contributed by atoms with Gasteiger partial charge < -0.3 is 44.3 Å². The third-order valence-corrected chi connectivity index (χ3v) is 6.77. The van der Waals surface area contributed by atoms with Crippen molar-refractivity contribution in [1.82, 2.24) is 15.1 Å². The van der Waals surface area contributed by atoms with E-state index in [4.69, 9.17) is 14.2 Å². The molecular weight excluding hydrogens is 522 g/mol. The fourth-order valence-corrected chi connectivity index (χ4v) is 4.72. The molecule has 0 aromatic heterocycles. The van der Waals surface area contributed by atoms with Gasteiger partial charge in [0, 0.05) is 32.6 Å². The monoisotopic (exact) mass is 562 g/mol. The minimum Gasteiger partial charge on any atom is -0.530 e. The van der Waals surface area contributed by atoms with Crippen molar-refractivity contribution >= 4 is 23.9 Å². The second kappa shape index (κ2) is 14.3. The number of ether oxygens (including phenoxy) is 3. The first kappa shape index (κ1) is 31.2. The molecule has 0 aliphatic carbocycles. The van der Waals surface area contributed by atoms with Gasteiger partial charge in [-0.05, 0) is 64.2 Å². The number of esters is 1. The Balaban J connectivity index is 1.52. The Bertz CT molecular complexity index is 1010. The number of phenols is 1. The van der Waals surface area contributed by atoms with Crippen LogP contribution in [0.3, 0.4) is 0 Å². The van der Waals surface area contributed by atoms with Crippen LogP contribution in [0.5, 0.6) is 5.75 Å². The smallest absolute Gasteiger partial charge is 0.332 e. The highest BCUT2D eigenvalue weighted by Crippen LogP contribution is 2.18. The minimum atomic E-state index is -1.22. The number of benzene rings is 1. The summed E-state index contributed by atoms with van der Waals surface area (Å²) < 4.78 is 16.7. The largest absolute Gasteiger partial charge is 0.530 e. The number of aromatic hydroxyl groups is 1. The summed E-state index contributed by atoms with van der Waals surface area (Å²) in [6, 6.07) is 5.59. The highest BCUT2D eigenvalue weighted by molar-refractivity contribution is 5.88. The fraction of sp³-hybridized carbons (Fsp3) is 0.643. The summed E-state index contributed by atoms with van der Waals surface area (Å²) in [7, 11) is 0. The molecule has 2 heterocycles. The van der Waals surface area contributed by atoms with Crippen LogP contribution in [0.4, 0.5) is 4.79 Å². The fourth-order valence-electron chi connectivity index (χ4n) is 4.72. The predicted molar refractivity (Wildman–Crippen MR) is 141 cm³/mol. The number of carbonyl (C=O) groups excluding carboxylic acids is 4. The first-order valence-electron chi connectivity index (χ1n) is 13.7. The van der Waals surface area contributed by atoms with E-state index < -0.39 is 29.6 Å². The van der Waals surface area contributed by atoms with E-state index in [2.05, 4.69) is 5.32 Å². The third kappa shape index (κ3) is 10.3. The Morgan fingerprint density at radius 2 is 1.45 bits per heavy atom. The zero-order valence-electron chi connectivity index (χ0n) is 23.4. The van der Waals surface area contributed by atoms with E-state index in [0.717, 1.165) is 5.56 Å². The first-order chi connectivity index (χ1) is 18.9. The quantitative estimate of drug-likeness (QED) is 0.390. The molecule has 222 valence electrons. The lowest BCUT2D eigenvalue weighted by atomic mass is 10.0. The summed E-state index contributed by atoms with van der Waals surface area (Å²) in [6.07, 6.45) is 0.578. The average Bonchev–Trinajstić information content (AvgIpc) is 2.91. The zero-order valence-corrected chi connectivity index (χ0v) is 23.4. The predicted octanol–water partition coefficient (Wildman–Crippen LogP) is 0.593. The lowest BCUT2D eigenvalue weighted by Gasteiger charge is -2.35. The molecule has 0 radical (unpaired) electrons. The molecular formula is C28H40N3O9-. The number of carbonyl (C=O) groups is 4. The van der Waals surface area contributed by atoms with Crippen molar-refractivity contribution in [3.05, 3.63) is 29.8 Å². The van der Waals surface area contributed by atoms with Gasteiger partial charge in [-0.15, -0.1) is 0 Å².